The molecule has 2 aromatic rings. The van der Waals surface area contributed by atoms with E-state index in [-0.39, 0.29) is 29.3 Å². The van der Waals surface area contributed by atoms with Gasteiger partial charge in [-0.15, -0.1) is 0 Å². The number of carbonyl (C=O) groups is 1. The molecule has 3 rings (SSSR count). The van der Waals surface area contributed by atoms with Crippen LogP contribution in [0, 0.1) is 12.8 Å². The van der Waals surface area contributed by atoms with Crippen LogP contribution in [-0.4, -0.2) is 44.4 Å². The third kappa shape index (κ3) is 5.53. The quantitative estimate of drug-likeness (QED) is 0.698. The Morgan fingerprint density at radius 3 is 2.63 bits per heavy atom. The summed E-state index contributed by atoms with van der Waals surface area (Å²) in [5.41, 5.74) is 1.03. The number of nitrogens with one attached hydrogen (secondary N) is 1. The smallest absolute Gasteiger partial charge is 0.243 e. The Kier molecular flexibility index (Phi) is 7.39. The van der Waals surface area contributed by atoms with Gasteiger partial charge < -0.3 is 10.1 Å². The van der Waals surface area contributed by atoms with Crippen molar-refractivity contribution in [1.82, 2.24) is 9.62 Å². The van der Waals surface area contributed by atoms with E-state index in [0.717, 1.165) is 11.3 Å². The molecule has 1 amide bonds. The minimum absolute atomic E-state index is 0.146. The number of hydrogen-bond donors (Lipinski definition) is 1. The number of sulfonamides is 1. The summed E-state index contributed by atoms with van der Waals surface area (Å²) in [5.74, 6) is 0.255. The molecule has 6 nitrogen and oxygen atoms in total. The Labute approximate surface area is 183 Å². The van der Waals surface area contributed by atoms with Gasteiger partial charge in [0.2, 0.25) is 15.9 Å². The highest BCUT2D eigenvalue weighted by molar-refractivity contribution is 7.89. The Bertz CT molecular complexity index is 979. The summed E-state index contributed by atoms with van der Waals surface area (Å²) in [7, 11) is -3.65. The molecule has 1 saturated heterocycles. The molecule has 1 heterocycles. The topological polar surface area (TPSA) is 75.7 Å². The maximum absolute atomic E-state index is 12.9. The molecule has 0 aliphatic carbocycles. The lowest BCUT2D eigenvalue weighted by Crippen LogP contribution is -2.48. The van der Waals surface area contributed by atoms with Gasteiger partial charge in [0.1, 0.15) is 12.4 Å². The van der Waals surface area contributed by atoms with Crippen molar-refractivity contribution < 1.29 is 17.9 Å². The normalized spacial score (nSPS) is 18.6. The average Bonchev–Trinajstić information content (AvgIpc) is 2.73. The summed E-state index contributed by atoms with van der Waals surface area (Å²) in [6.45, 7) is 4.76. The van der Waals surface area contributed by atoms with E-state index in [1.807, 2.05) is 38.1 Å². The van der Waals surface area contributed by atoms with E-state index in [1.165, 1.54) is 16.4 Å². The minimum Gasteiger partial charge on any atom is -0.491 e. The molecule has 162 valence electrons. The number of para-hydroxylation sites is 1. The number of ether oxygens (including phenoxy) is 1. The fourth-order valence-corrected chi connectivity index (χ4v) is 5.12. The highest BCUT2D eigenvalue weighted by Crippen LogP contribution is 2.25. The van der Waals surface area contributed by atoms with E-state index in [1.54, 1.807) is 12.1 Å². The summed E-state index contributed by atoms with van der Waals surface area (Å²) in [6, 6.07) is 13.6. The van der Waals surface area contributed by atoms with E-state index in [0.29, 0.717) is 31.0 Å². The molecule has 8 heteroatoms. The van der Waals surface area contributed by atoms with Crippen LogP contribution in [0.2, 0.25) is 5.02 Å². The van der Waals surface area contributed by atoms with Crippen molar-refractivity contribution in [3.8, 4) is 5.75 Å². The Morgan fingerprint density at radius 2 is 1.93 bits per heavy atom. The first-order valence-corrected chi connectivity index (χ1v) is 11.8. The van der Waals surface area contributed by atoms with Crippen LogP contribution in [0.4, 0.5) is 0 Å². The van der Waals surface area contributed by atoms with Crippen molar-refractivity contribution in [3.05, 3.63) is 59.1 Å². The zero-order valence-corrected chi connectivity index (χ0v) is 18.7. The summed E-state index contributed by atoms with van der Waals surface area (Å²) in [5, 5.41) is 3.43. The maximum Gasteiger partial charge on any atom is 0.243 e. The standard InChI is InChI=1S/C22H27ClN2O4S/c1-16-6-3-4-8-21(16)29-15-17(2)24-22(26)18-7-5-13-25(14-18)30(27,28)20-11-9-19(23)10-12-20/h3-4,6,8-12,17-18H,5,7,13-15H2,1-2H3,(H,24,26)/t17-,18-/m1/s1. The van der Waals surface area contributed by atoms with Crippen LogP contribution in [-0.2, 0) is 14.8 Å². The number of nitrogens with zero attached hydrogens (tertiary/aromatic N) is 1. The summed E-state index contributed by atoms with van der Waals surface area (Å²) < 4.78 is 33.0. The molecule has 0 radical (unpaired) electrons. The zero-order valence-electron chi connectivity index (χ0n) is 17.2. The lowest BCUT2D eigenvalue weighted by molar-refractivity contribution is -0.126. The van der Waals surface area contributed by atoms with Crippen LogP contribution in [0.5, 0.6) is 5.75 Å². The molecule has 1 aliphatic heterocycles. The van der Waals surface area contributed by atoms with Crippen molar-refractivity contribution in [3.63, 3.8) is 0 Å². The maximum atomic E-state index is 12.9. The number of hydrogen-bond acceptors (Lipinski definition) is 4. The van der Waals surface area contributed by atoms with Gasteiger partial charge in [-0.25, -0.2) is 8.42 Å². The number of rotatable bonds is 7. The second kappa shape index (κ2) is 9.81. The van der Waals surface area contributed by atoms with E-state index in [4.69, 9.17) is 16.3 Å². The lowest BCUT2D eigenvalue weighted by Gasteiger charge is -2.31. The molecule has 0 unspecified atom stereocenters. The zero-order chi connectivity index (χ0) is 21.7. The predicted molar refractivity (Wildman–Crippen MR) is 117 cm³/mol. The monoisotopic (exact) mass is 450 g/mol. The fraction of sp³-hybridized carbons (Fsp3) is 0.409. The van der Waals surface area contributed by atoms with Crippen molar-refractivity contribution in [2.45, 2.75) is 37.6 Å². The van der Waals surface area contributed by atoms with Gasteiger partial charge in [-0.2, -0.15) is 4.31 Å². The summed E-state index contributed by atoms with van der Waals surface area (Å²) in [6.07, 6.45) is 1.29. The molecular weight excluding hydrogens is 424 g/mol. The molecule has 0 bridgehead atoms. The predicted octanol–water partition coefficient (Wildman–Crippen LogP) is 3.63. The van der Waals surface area contributed by atoms with Gasteiger partial charge in [-0.05, 0) is 62.6 Å². The summed E-state index contributed by atoms with van der Waals surface area (Å²) >= 11 is 5.86. The van der Waals surface area contributed by atoms with Crippen molar-refractivity contribution in [2.75, 3.05) is 19.7 Å². The molecule has 1 fully saturated rings. The molecule has 0 spiro atoms. The van der Waals surface area contributed by atoms with Gasteiger partial charge >= 0.3 is 0 Å². The van der Waals surface area contributed by atoms with Crippen LogP contribution in [0.1, 0.15) is 25.3 Å². The number of amides is 1. The second-order valence-corrected chi connectivity index (χ2v) is 10.0. The Hall–Kier alpha value is -2.09. The SMILES string of the molecule is Cc1ccccc1OC[C@@H](C)NC(=O)[C@@H]1CCCN(S(=O)(=O)c2ccc(Cl)cc2)C1. The average molecular weight is 451 g/mol. The Balaban J connectivity index is 1.57. The molecular formula is C22H27ClN2O4S. The third-order valence-corrected chi connectivity index (χ3v) is 7.31. The highest BCUT2D eigenvalue weighted by atomic mass is 35.5. The van der Waals surface area contributed by atoms with Gasteiger partial charge in [-0.3, -0.25) is 4.79 Å². The largest absolute Gasteiger partial charge is 0.491 e. The van der Waals surface area contributed by atoms with E-state index < -0.39 is 10.0 Å². The molecule has 0 saturated carbocycles. The van der Waals surface area contributed by atoms with E-state index in [2.05, 4.69) is 5.32 Å². The summed E-state index contributed by atoms with van der Waals surface area (Å²) in [4.78, 5) is 12.9. The van der Waals surface area contributed by atoms with Gasteiger partial charge in [0.15, 0.2) is 0 Å². The van der Waals surface area contributed by atoms with Gasteiger partial charge in [0, 0.05) is 18.1 Å². The number of carbonyl (C=O) groups excluding carboxylic acids is 1. The van der Waals surface area contributed by atoms with E-state index in [9.17, 15) is 13.2 Å². The molecule has 2 atom stereocenters. The number of piperidine rings is 1. The minimum atomic E-state index is -3.65. The van der Waals surface area contributed by atoms with Gasteiger partial charge in [-0.1, -0.05) is 29.8 Å². The molecule has 1 aliphatic rings. The van der Waals surface area contributed by atoms with Crippen LogP contribution in [0.25, 0.3) is 0 Å². The van der Waals surface area contributed by atoms with Crippen molar-refractivity contribution in [2.24, 2.45) is 5.92 Å². The highest BCUT2D eigenvalue weighted by Gasteiger charge is 2.33. The van der Waals surface area contributed by atoms with Crippen LogP contribution >= 0.6 is 11.6 Å². The van der Waals surface area contributed by atoms with E-state index >= 15 is 0 Å². The Morgan fingerprint density at radius 1 is 1.23 bits per heavy atom. The lowest BCUT2D eigenvalue weighted by atomic mass is 9.98. The van der Waals surface area contributed by atoms with Gasteiger partial charge in [0.25, 0.3) is 0 Å². The van der Waals surface area contributed by atoms with Gasteiger partial charge in [0.05, 0.1) is 16.9 Å². The van der Waals surface area contributed by atoms with Crippen LogP contribution in [0.3, 0.4) is 0 Å². The molecule has 2 aromatic carbocycles. The van der Waals surface area contributed by atoms with Crippen LogP contribution < -0.4 is 10.1 Å². The number of halogens is 1. The first kappa shape index (κ1) is 22.6. The second-order valence-electron chi connectivity index (χ2n) is 7.64. The number of aryl methyl sites for hydroxylation is 1. The first-order chi connectivity index (χ1) is 14.3. The number of benzene rings is 2. The molecule has 30 heavy (non-hydrogen) atoms. The van der Waals surface area contributed by atoms with Crippen LogP contribution in [0.15, 0.2) is 53.4 Å². The fourth-order valence-electron chi connectivity index (χ4n) is 3.47. The first-order valence-electron chi connectivity index (χ1n) is 10.0. The van der Waals surface area contributed by atoms with Crippen molar-refractivity contribution >= 4 is 27.5 Å². The molecule has 1 N–H and O–H groups in total. The third-order valence-electron chi connectivity index (χ3n) is 5.18. The molecule has 0 aromatic heterocycles. The van der Waals surface area contributed by atoms with Crippen molar-refractivity contribution in [1.29, 1.82) is 0 Å².